The summed E-state index contributed by atoms with van der Waals surface area (Å²) in [5.41, 5.74) is 0. The van der Waals surface area contributed by atoms with Gasteiger partial charge in [0.25, 0.3) is 0 Å². The van der Waals surface area contributed by atoms with Gasteiger partial charge in [0.05, 0.1) is 0 Å². The Kier molecular flexibility index (Phi) is 12.2. The molecule has 0 spiro atoms. The number of hydrogen-bond donors (Lipinski definition) is 0. The van der Waals surface area contributed by atoms with Crippen LogP contribution in [0.15, 0.2) is 0 Å². The van der Waals surface area contributed by atoms with Crippen LogP contribution < -0.4 is 0 Å². The molecule has 1 fully saturated rings. The zero-order valence-corrected chi connectivity index (χ0v) is 18.3. The van der Waals surface area contributed by atoms with Crippen molar-refractivity contribution in [1.29, 1.82) is 0 Å². The third kappa shape index (κ3) is 9.97. The van der Waals surface area contributed by atoms with Crippen molar-refractivity contribution < 1.29 is 0 Å². The fraction of sp³-hybridized carbons (Fsp3) is 1.00. The van der Waals surface area contributed by atoms with Crippen LogP contribution in [0.3, 0.4) is 0 Å². The summed E-state index contributed by atoms with van der Waals surface area (Å²) in [7, 11) is 4.36. The van der Waals surface area contributed by atoms with E-state index in [0.717, 1.165) is 25.2 Å². The minimum absolute atomic E-state index is 0.658. The molecule has 1 aliphatic heterocycles. The Morgan fingerprint density at radius 2 is 0.833 bits per heavy atom. The molecule has 146 valence electrons. The van der Waals surface area contributed by atoms with Crippen LogP contribution in [0.25, 0.3) is 0 Å². The van der Waals surface area contributed by atoms with E-state index in [1.165, 1.54) is 26.2 Å². The Labute approximate surface area is 153 Å². The van der Waals surface area contributed by atoms with E-state index >= 15 is 0 Å². The largest absolute Gasteiger partial charge is 0.303 e. The third-order valence-corrected chi connectivity index (χ3v) is 5.38. The second-order valence-electron chi connectivity index (χ2n) is 8.41. The highest BCUT2D eigenvalue weighted by molar-refractivity contribution is 4.75. The highest BCUT2D eigenvalue weighted by atomic mass is 15.3. The molecule has 0 radical (unpaired) electrons. The van der Waals surface area contributed by atoms with Gasteiger partial charge >= 0.3 is 0 Å². The van der Waals surface area contributed by atoms with Gasteiger partial charge in [0.1, 0.15) is 0 Å². The molecule has 4 heteroatoms. The lowest BCUT2D eigenvalue weighted by Crippen LogP contribution is -2.50. The Bertz CT molecular complexity index is 264. The molecule has 0 amide bonds. The first-order valence-electron chi connectivity index (χ1n) is 9.94. The lowest BCUT2D eigenvalue weighted by molar-refractivity contribution is 0.0887. The molecule has 4 nitrogen and oxygen atoms in total. The Morgan fingerprint density at radius 1 is 0.583 bits per heavy atom. The van der Waals surface area contributed by atoms with Crippen LogP contribution in [0.2, 0.25) is 0 Å². The highest BCUT2D eigenvalue weighted by Gasteiger charge is 2.19. The summed E-state index contributed by atoms with van der Waals surface area (Å²) in [5, 5.41) is 0. The minimum Gasteiger partial charge on any atom is -0.303 e. The van der Waals surface area contributed by atoms with Gasteiger partial charge in [-0.15, -0.1) is 0 Å². The Hall–Kier alpha value is -0.160. The fourth-order valence-corrected chi connectivity index (χ4v) is 2.60. The van der Waals surface area contributed by atoms with Gasteiger partial charge in [-0.1, -0.05) is 0 Å². The van der Waals surface area contributed by atoms with Crippen LogP contribution >= 0.6 is 0 Å². The topological polar surface area (TPSA) is 13.0 Å². The van der Waals surface area contributed by atoms with E-state index < -0.39 is 0 Å². The average Bonchev–Trinajstić information content (AvgIpc) is 2.52. The molecule has 1 saturated heterocycles. The molecule has 0 aromatic carbocycles. The van der Waals surface area contributed by atoms with Gasteiger partial charge in [-0.3, -0.25) is 9.80 Å². The first kappa shape index (κ1) is 23.8. The molecule has 0 aliphatic carbocycles. The summed E-state index contributed by atoms with van der Waals surface area (Å²) in [6.07, 6.45) is 0. The number of nitrogens with zero attached hydrogens (tertiary/aromatic N) is 4. The number of hydrogen-bond acceptors (Lipinski definition) is 4. The molecule has 1 aliphatic rings. The normalized spacial score (nSPS) is 17.5. The maximum atomic E-state index is 2.55. The maximum absolute atomic E-state index is 2.55. The van der Waals surface area contributed by atoms with Crippen molar-refractivity contribution in [2.75, 3.05) is 53.4 Å². The van der Waals surface area contributed by atoms with E-state index in [1.807, 2.05) is 0 Å². The first-order chi connectivity index (χ1) is 11.1. The monoisotopic (exact) mass is 342 g/mol. The number of rotatable bonds is 7. The summed E-state index contributed by atoms with van der Waals surface area (Å²) >= 11 is 0. The molecular formula is C20H46N4. The molecule has 0 saturated carbocycles. The van der Waals surface area contributed by atoms with Gasteiger partial charge in [0.15, 0.2) is 0 Å². The van der Waals surface area contributed by atoms with Crippen LogP contribution in [0.1, 0.15) is 55.4 Å². The highest BCUT2D eigenvalue weighted by Crippen LogP contribution is 2.08. The third-order valence-electron chi connectivity index (χ3n) is 5.38. The van der Waals surface area contributed by atoms with Crippen molar-refractivity contribution in [2.45, 2.75) is 79.6 Å². The van der Waals surface area contributed by atoms with E-state index in [1.54, 1.807) is 0 Å². The van der Waals surface area contributed by atoms with Crippen LogP contribution in [0.4, 0.5) is 0 Å². The van der Waals surface area contributed by atoms with E-state index in [0.29, 0.717) is 12.1 Å². The van der Waals surface area contributed by atoms with Crippen LogP contribution in [-0.4, -0.2) is 97.1 Å². The van der Waals surface area contributed by atoms with Gasteiger partial charge in [-0.2, -0.15) is 0 Å². The van der Waals surface area contributed by atoms with Crippen molar-refractivity contribution in [3.8, 4) is 0 Å². The smallest absolute Gasteiger partial charge is 0.0113 e. The average molecular weight is 343 g/mol. The molecule has 0 unspecified atom stereocenters. The molecular weight excluding hydrogens is 296 g/mol. The molecule has 1 heterocycles. The predicted octanol–water partition coefficient (Wildman–Crippen LogP) is 3.09. The fourth-order valence-electron chi connectivity index (χ4n) is 2.60. The minimum atomic E-state index is 0.658. The second kappa shape index (κ2) is 12.2. The number of piperazine rings is 1. The molecule has 0 N–H and O–H groups in total. The lowest BCUT2D eigenvalue weighted by atomic mass is 10.2. The van der Waals surface area contributed by atoms with Gasteiger partial charge < -0.3 is 9.80 Å². The first-order valence-corrected chi connectivity index (χ1v) is 9.94. The van der Waals surface area contributed by atoms with Crippen LogP contribution in [-0.2, 0) is 0 Å². The van der Waals surface area contributed by atoms with Gasteiger partial charge in [-0.05, 0) is 69.5 Å². The summed E-state index contributed by atoms with van der Waals surface area (Å²) in [6, 6.07) is 2.76. The van der Waals surface area contributed by atoms with E-state index in [9.17, 15) is 0 Å². The summed E-state index contributed by atoms with van der Waals surface area (Å²) in [6.45, 7) is 25.4. The standard InChI is InChI=1S/C10H22N2.C10H24N2/c1-9(2)11-5-7-12(8-6-11)10(3)4;1-9(2)11(5)7-8-12(6)10(3)4/h9-10H,5-8H2,1-4H3;9-10H,7-8H2,1-6H3. The molecule has 24 heavy (non-hydrogen) atoms. The van der Waals surface area contributed by atoms with Crippen molar-refractivity contribution in [3.63, 3.8) is 0 Å². The predicted molar refractivity (Wildman–Crippen MR) is 109 cm³/mol. The van der Waals surface area contributed by atoms with Gasteiger partial charge in [0, 0.05) is 63.4 Å². The van der Waals surface area contributed by atoms with E-state index in [-0.39, 0.29) is 0 Å². The zero-order valence-electron chi connectivity index (χ0n) is 18.3. The number of likely N-dealkylation sites (N-methyl/N-ethyl adjacent to an activating group) is 2. The van der Waals surface area contributed by atoms with Crippen LogP contribution in [0.5, 0.6) is 0 Å². The van der Waals surface area contributed by atoms with Gasteiger partial charge in [0.2, 0.25) is 0 Å². The molecule has 0 atom stereocenters. The van der Waals surface area contributed by atoms with Crippen molar-refractivity contribution >= 4 is 0 Å². The zero-order chi connectivity index (χ0) is 18.9. The lowest BCUT2D eigenvalue weighted by Gasteiger charge is -2.38. The van der Waals surface area contributed by atoms with Crippen molar-refractivity contribution in [2.24, 2.45) is 0 Å². The van der Waals surface area contributed by atoms with Crippen LogP contribution in [0, 0.1) is 0 Å². The summed E-state index contributed by atoms with van der Waals surface area (Å²) < 4.78 is 0. The van der Waals surface area contributed by atoms with Gasteiger partial charge in [-0.25, -0.2) is 0 Å². The maximum Gasteiger partial charge on any atom is 0.0113 e. The van der Waals surface area contributed by atoms with E-state index in [2.05, 4.69) is 89.1 Å². The summed E-state index contributed by atoms with van der Waals surface area (Å²) in [4.78, 5) is 9.86. The Morgan fingerprint density at radius 3 is 1.00 bits per heavy atom. The molecule has 1 rings (SSSR count). The van der Waals surface area contributed by atoms with Crippen molar-refractivity contribution in [1.82, 2.24) is 19.6 Å². The SMILES string of the molecule is CC(C)N(C)CCN(C)C(C)C.CC(C)N1CCN(C(C)C)CC1. The molecule has 0 bridgehead atoms. The second-order valence-corrected chi connectivity index (χ2v) is 8.41. The van der Waals surface area contributed by atoms with Crippen molar-refractivity contribution in [3.05, 3.63) is 0 Å². The molecule has 0 aromatic rings. The Balaban J connectivity index is 0.000000441. The quantitative estimate of drug-likeness (QED) is 0.705. The molecule has 0 aromatic heterocycles. The van der Waals surface area contributed by atoms with E-state index in [4.69, 9.17) is 0 Å². The summed E-state index contributed by atoms with van der Waals surface area (Å²) in [5.74, 6) is 0.